The van der Waals surface area contributed by atoms with Crippen LogP contribution in [0.15, 0.2) is 48.8 Å². The standard InChI is InChI=1S/C20H25N5O/c26-19(17-7-11-25(12-8-17)20-21-9-4-10-22-20)24-15-13-23(14-16-24)18-5-2-1-3-6-18/h1-6,9-10,17H,7-8,11-16H2. The normalized spacial score (nSPS) is 18.8. The number of carbonyl (C=O) groups is 1. The molecule has 2 aromatic rings. The van der Waals surface area contributed by atoms with Crippen molar-refractivity contribution in [1.82, 2.24) is 14.9 Å². The molecule has 0 saturated carbocycles. The topological polar surface area (TPSA) is 52.6 Å². The van der Waals surface area contributed by atoms with E-state index >= 15 is 0 Å². The van der Waals surface area contributed by atoms with Crippen LogP contribution in [0.2, 0.25) is 0 Å². The molecule has 136 valence electrons. The maximum absolute atomic E-state index is 12.9. The third-order valence-electron chi connectivity index (χ3n) is 5.39. The Labute approximate surface area is 154 Å². The van der Waals surface area contributed by atoms with Crippen molar-refractivity contribution >= 4 is 17.5 Å². The average Bonchev–Trinajstić information content (AvgIpc) is 2.75. The molecule has 4 rings (SSSR count). The van der Waals surface area contributed by atoms with Crippen molar-refractivity contribution in [3.63, 3.8) is 0 Å². The first-order valence-electron chi connectivity index (χ1n) is 9.42. The molecule has 1 aromatic heterocycles. The van der Waals surface area contributed by atoms with E-state index < -0.39 is 0 Å². The fraction of sp³-hybridized carbons (Fsp3) is 0.450. The van der Waals surface area contributed by atoms with Gasteiger partial charge in [-0.15, -0.1) is 0 Å². The van der Waals surface area contributed by atoms with Crippen LogP contribution in [0.1, 0.15) is 12.8 Å². The number of hydrogen-bond acceptors (Lipinski definition) is 5. The molecule has 6 nitrogen and oxygen atoms in total. The van der Waals surface area contributed by atoms with Crippen LogP contribution in [-0.4, -0.2) is 60.0 Å². The van der Waals surface area contributed by atoms with Gasteiger partial charge in [-0.3, -0.25) is 4.79 Å². The van der Waals surface area contributed by atoms with Gasteiger partial charge in [0, 0.05) is 63.3 Å². The van der Waals surface area contributed by atoms with Gasteiger partial charge in [0.1, 0.15) is 0 Å². The number of benzene rings is 1. The second-order valence-corrected chi connectivity index (χ2v) is 6.96. The molecule has 2 aliphatic rings. The van der Waals surface area contributed by atoms with Gasteiger partial charge in [0.15, 0.2) is 0 Å². The zero-order valence-electron chi connectivity index (χ0n) is 15.0. The van der Waals surface area contributed by atoms with Gasteiger partial charge in [0.25, 0.3) is 0 Å². The number of para-hydroxylation sites is 1. The summed E-state index contributed by atoms with van der Waals surface area (Å²) in [7, 11) is 0. The molecule has 0 unspecified atom stereocenters. The van der Waals surface area contributed by atoms with Gasteiger partial charge in [-0.25, -0.2) is 9.97 Å². The van der Waals surface area contributed by atoms with E-state index in [1.54, 1.807) is 12.4 Å². The van der Waals surface area contributed by atoms with E-state index in [0.29, 0.717) is 5.91 Å². The lowest BCUT2D eigenvalue weighted by atomic mass is 9.95. The Bertz CT molecular complexity index is 646. The maximum Gasteiger partial charge on any atom is 0.225 e. The highest BCUT2D eigenvalue weighted by atomic mass is 16.2. The van der Waals surface area contributed by atoms with Crippen LogP contribution in [0, 0.1) is 5.92 Å². The number of rotatable bonds is 3. The summed E-state index contributed by atoms with van der Waals surface area (Å²) in [6.07, 6.45) is 5.31. The summed E-state index contributed by atoms with van der Waals surface area (Å²) in [5.41, 5.74) is 1.25. The highest BCUT2D eigenvalue weighted by molar-refractivity contribution is 5.79. The molecular weight excluding hydrogens is 326 g/mol. The largest absolute Gasteiger partial charge is 0.368 e. The Kier molecular flexibility index (Phi) is 5.00. The molecule has 0 bridgehead atoms. The number of piperazine rings is 1. The molecule has 0 spiro atoms. The minimum atomic E-state index is 0.137. The highest BCUT2D eigenvalue weighted by Crippen LogP contribution is 2.23. The Morgan fingerprint density at radius 3 is 2.12 bits per heavy atom. The summed E-state index contributed by atoms with van der Waals surface area (Å²) in [4.78, 5) is 28.1. The Balaban J connectivity index is 1.28. The Morgan fingerprint density at radius 2 is 1.46 bits per heavy atom. The summed E-state index contributed by atoms with van der Waals surface area (Å²) < 4.78 is 0. The van der Waals surface area contributed by atoms with Gasteiger partial charge in [-0.1, -0.05) is 18.2 Å². The molecule has 6 heteroatoms. The van der Waals surface area contributed by atoms with Crippen molar-refractivity contribution < 1.29 is 4.79 Å². The number of amides is 1. The third-order valence-corrected chi connectivity index (χ3v) is 5.39. The Morgan fingerprint density at radius 1 is 0.808 bits per heavy atom. The molecule has 0 aliphatic carbocycles. The summed E-state index contributed by atoms with van der Waals surface area (Å²) in [5.74, 6) is 1.24. The van der Waals surface area contributed by atoms with Gasteiger partial charge in [-0.2, -0.15) is 0 Å². The number of carbonyl (C=O) groups excluding carboxylic acids is 1. The third kappa shape index (κ3) is 3.64. The fourth-order valence-electron chi connectivity index (χ4n) is 3.86. The number of aromatic nitrogens is 2. The minimum Gasteiger partial charge on any atom is -0.368 e. The highest BCUT2D eigenvalue weighted by Gasteiger charge is 2.31. The maximum atomic E-state index is 12.9. The Hall–Kier alpha value is -2.63. The van der Waals surface area contributed by atoms with Crippen LogP contribution in [0.4, 0.5) is 11.6 Å². The lowest BCUT2D eigenvalue weighted by Gasteiger charge is -2.39. The summed E-state index contributed by atoms with van der Waals surface area (Å²) in [5, 5.41) is 0. The van der Waals surface area contributed by atoms with Gasteiger partial charge in [0.05, 0.1) is 0 Å². The smallest absolute Gasteiger partial charge is 0.225 e. The van der Waals surface area contributed by atoms with Crippen LogP contribution in [0.5, 0.6) is 0 Å². The van der Waals surface area contributed by atoms with Gasteiger partial charge in [-0.05, 0) is 31.0 Å². The molecule has 2 fully saturated rings. The van der Waals surface area contributed by atoms with E-state index in [2.05, 4.69) is 48.9 Å². The number of piperidine rings is 1. The average molecular weight is 351 g/mol. The van der Waals surface area contributed by atoms with Crippen LogP contribution in [-0.2, 0) is 4.79 Å². The SMILES string of the molecule is O=C(C1CCN(c2ncccn2)CC1)N1CCN(c2ccccc2)CC1. The van der Waals surface area contributed by atoms with E-state index in [-0.39, 0.29) is 5.92 Å². The van der Waals surface area contributed by atoms with Crippen molar-refractivity contribution in [3.8, 4) is 0 Å². The first-order valence-corrected chi connectivity index (χ1v) is 9.42. The molecule has 0 atom stereocenters. The van der Waals surface area contributed by atoms with Crippen LogP contribution < -0.4 is 9.80 Å². The van der Waals surface area contributed by atoms with Crippen molar-refractivity contribution in [2.24, 2.45) is 5.92 Å². The number of anilines is 2. The molecule has 2 saturated heterocycles. The second kappa shape index (κ2) is 7.72. The van der Waals surface area contributed by atoms with Crippen molar-refractivity contribution in [2.75, 3.05) is 49.1 Å². The quantitative estimate of drug-likeness (QED) is 0.847. The monoisotopic (exact) mass is 351 g/mol. The summed E-state index contributed by atoms with van der Waals surface area (Å²) >= 11 is 0. The molecule has 0 N–H and O–H groups in total. The predicted octanol–water partition coefficient (Wildman–Crippen LogP) is 2.04. The van der Waals surface area contributed by atoms with Gasteiger partial charge >= 0.3 is 0 Å². The molecule has 1 aromatic carbocycles. The van der Waals surface area contributed by atoms with Crippen LogP contribution in [0.25, 0.3) is 0 Å². The lowest BCUT2D eigenvalue weighted by molar-refractivity contribution is -0.136. The van der Waals surface area contributed by atoms with Crippen molar-refractivity contribution in [1.29, 1.82) is 0 Å². The van der Waals surface area contributed by atoms with Crippen molar-refractivity contribution in [2.45, 2.75) is 12.8 Å². The predicted molar refractivity (Wildman–Crippen MR) is 102 cm³/mol. The fourth-order valence-corrected chi connectivity index (χ4v) is 3.86. The number of hydrogen-bond donors (Lipinski definition) is 0. The summed E-state index contributed by atoms with van der Waals surface area (Å²) in [6, 6.07) is 12.3. The molecule has 2 aliphatic heterocycles. The first-order chi connectivity index (χ1) is 12.8. The second-order valence-electron chi connectivity index (χ2n) is 6.96. The van der Waals surface area contributed by atoms with Crippen LogP contribution in [0.3, 0.4) is 0 Å². The van der Waals surface area contributed by atoms with E-state index in [1.165, 1.54) is 5.69 Å². The van der Waals surface area contributed by atoms with Gasteiger partial charge in [0.2, 0.25) is 11.9 Å². The van der Waals surface area contributed by atoms with E-state index in [9.17, 15) is 4.79 Å². The zero-order valence-corrected chi connectivity index (χ0v) is 15.0. The molecule has 3 heterocycles. The molecule has 1 amide bonds. The van der Waals surface area contributed by atoms with Crippen LogP contribution >= 0.6 is 0 Å². The zero-order chi connectivity index (χ0) is 17.8. The van der Waals surface area contributed by atoms with Gasteiger partial charge < -0.3 is 14.7 Å². The number of nitrogens with zero attached hydrogens (tertiary/aromatic N) is 5. The molecule has 0 radical (unpaired) electrons. The molecule has 26 heavy (non-hydrogen) atoms. The van der Waals surface area contributed by atoms with E-state index in [4.69, 9.17) is 0 Å². The lowest BCUT2D eigenvalue weighted by Crippen LogP contribution is -2.51. The first kappa shape index (κ1) is 16.8. The van der Waals surface area contributed by atoms with E-state index in [1.807, 2.05) is 12.1 Å². The summed E-state index contributed by atoms with van der Waals surface area (Å²) in [6.45, 7) is 5.15. The van der Waals surface area contributed by atoms with Crippen molar-refractivity contribution in [3.05, 3.63) is 48.8 Å². The van der Waals surface area contributed by atoms with E-state index in [0.717, 1.165) is 58.1 Å². The molecular formula is C20H25N5O. The minimum absolute atomic E-state index is 0.137.